The molecule has 2 unspecified atom stereocenters. The molecule has 1 rings (SSSR count). The van der Waals surface area contributed by atoms with Crippen LogP contribution < -0.4 is 0 Å². The van der Waals surface area contributed by atoms with Gasteiger partial charge >= 0.3 is 0 Å². The Bertz CT molecular complexity index is 249. The number of hydrogen-bond acceptors (Lipinski definition) is 2. The van der Waals surface area contributed by atoms with E-state index in [-0.39, 0.29) is 0 Å². The minimum atomic E-state index is -0.777. The van der Waals surface area contributed by atoms with Crippen molar-refractivity contribution in [3.05, 3.63) is 24.3 Å². The van der Waals surface area contributed by atoms with E-state index >= 15 is 0 Å². The number of carbonyl (C=O) groups is 1. The van der Waals surface area contributed by atoms with Gasteiger partial charge in [-0.15, -0.1) is 0 Å². The standard InChI is InChI=1S/C8H8BrClO2/c1-12-8(9)5-3-2-4-6(8)7(10)11/h2-6H,1H3. The summed E-state index contributed by atoms with van der Waals surface area (Å²) in [6.45, 7) is 0. The van der Waals surface area contributed by atoms with E-state index in [9.17, 15) is 4.79 Å². The molecule has 0 bridgehead atoms. The van der Waals surface area contributed by atoms with Crippen LogP contribution in [0.1, 0.15) is 0 Å². The summed E-state index contributed by atoms with van der Waals surface area (Å²) >= 11 is 8.68. The lowest BCUT2D eigenvalue weighted by molar-refractivity contribution is -0.117. The van der Waals surface area contributed by atoms with E-state index < -0.39 is 15.7 Å². The number of carbonyl (C=O) groups excluding carboxylic acids is 1. The predicted molar refractivity (Wildman–Crippen MR) is 51.3 cm³/mol. The zero-order valence-corrected chi connectivity index (χ0v) is 8.80. The summed E-state index contributed by atoms with van der Waals surface area (Å²) in [4.78, 5) is 10.9. The van der Waals surface area contributed by atoms with Crippen molar-refractivity contribution in [3.8, 4) is 0 Å². The van der Waals surface area contributed by atoms with Gasteiger partial charge < -0.3 is 4.74 Å². The number of alkyl halides is 1. The molecule has 12 heavy (non-hydrogen) atoms. The molecule has 0 aliphatic heterocycles. The molecular weight excluding hydrogens is 243 g/mol. The third kappa shape index (κ3) is 1.79. The minimum Gasteiger partial charge on any atom is -0.362 e. The zero-order chi connectivity index (χ0) is 9.19. The van der Waals surface area contributed by atoms with Gasteiger partial charge in [-0.25, -0.2) is 0 Å². The third-order valence-electron chi connectivity index (χ3n) is 1.72. The third-order valence-corrected chi connectivity index (χ3v) is 3.04. The smallest absolute Gasteiger partial charge is 0.232 e. The summed E-state index contributed by atoms with van der Waals surface area (Å²) in [6, 6.07) is 0. The molecule has 0 saturated heterocycles. The Labute approximate surface area is 84.4 Å². The van der Waals surface area contributed by atoms with Gasteiger partial charge in [-0.2, -0.15) is 0 Å². The molecule has 0 saturated carbocycles. The SMILES string of the molecule is COC1(Br)C=CC=CC1C(=O)Cl. The molecule has 0 heterocycles. The highest BCUT2D eigenvalue weighted by atomic mass is 79.9. The first-order valence-corrected chi connectivity index (χ1v) is 4.56. The first-order chi connectivity index (χ1) is 5.60. The highest BCUT2D eigenvalue weighted by Gasteiger charge is 2.37. The van der Waals surface area contributed by atoms with Crippen molar-refractivity contribution in [3.63, 3.8) is 0 Å². The van der Waals surface area contributed by atoms with Crippen molar-refractivity contribution in [2.24, 2.45) is 5.92 Å². The number of halogens is 2. The maximum atomic E-state index is 10.9. The maximum absolute atomic E-state index is 10.9. The second kappa shape index (κ2) is 3.73. The Balaban J connectivity index is 2.92. The van der Waals surface area contributed by atoms with E-state index in [0.717, 1.165) is 0 Å². The molecule has 0 radical (unpaired) electrons. The van der Waals surface area contributed by atoms with Gasteiger partial charge in [0.2, 0.25) is 5.24 Å². The summed E-state index contributed by atoms with van der Waals surface area (Å²) in [5.74, 6) is -0.464. The van der Waals surface area contributed by atoms with Crippen molar-refractivity contribution >= 4 is 32.8 Å². The topological polar surface area (TPSA) is 26.3 Å². The molecule has 1 aliphatic rings. The van der Waals surface area contributed by atoms with Gasteiger partial charge in [0.25, 0.3) is 0 Å². The molecule has 0 amide bonds. The van der Waals surface area contributed by atoms with Gasteiger partial charge in [0, 0.05) is 7.11 Å². The van der Waals surface area contributed by atoms with Crippen LogP contribution in [0.15, 0.2) is 24.3 Å². The fourth-order valence-corrected chi connectivity index (χ4v) is 1.90. The molecule has 0 N–H and O–H groups in total. The van der Waals surface area contributed by atoms with Crippen molar-refractivity contribution in [2.75, 3.05) is 7.11 Å². The molecular formula is C8H8BrClO2. The second-order valence-electron chi connectivity index (χ2n) is 2.43. The first-order valence-electron chi connectivity index (χ1n) is 3.39. The van der Waals surface area contributed by atoms with E-state index in [1.54, 1.807) is 24.3 Å². The van der Waals surface area contributed by atoms with E-state index in [1.807, 2.05) is 0 Å². The number of methoxy groups -OCH3 is 1. The van der Waals surface area contributed by atoms with E-state index in [0.29, 0.717) is 0 Å². The Kier molecular flexibility index (Phi) is 3.09. The molecule has 0 aromatic carbocycles. The number of ether oxygens (including phenoxy) is 1. The van der Waals surface area contributed by atoms with Crippen LogP contribution in [-0.2, 0) is 9.53 Å². The van der Waals surface area contributed by atoms with Crippen LogP contribution in [0.4, 0.5) is 0 Å². The lowest BCUT2D eigenvalue weighted by Gasteiger charge is -2.28. The fraction of sp³-hybridized carbons (Fsp3) is 0.375. The average molecular weight is 252 g/mol. The second-order valence-corrected chi connectivity index (χ2v) is 4.04. The average Bonchev–Trinajstić information content (AvgIpc) is 2.05. The highest BCUT2D eigenvalue weighted by molar-refractivity contribution is 9.10. The summed E-state index contributed by atoms with van der Waals surface area (Å²) in [6.07, 6.45) is 7.02. The molecule has 2 atom stereocenters. The number of hydrogen-bond donors (Lipinski definition) is 0. The first kappa shape index (κ1) is 9.96. The van der Waals surface area contributed by atoms with Crippen LogP contribution in [0.3, 0.4) is 0 Å². The molecule has 66 valence electrons. The van der Waals surface area contributed by atoms with Crippen LogP contribution in [0, 0.1) is 5.92 Å². The summed E-state index contributed by atoms with van der Waals surface area (Å²) < 4.78 is 4.35. The molecule has 1 aliphatic carbocycles. The van der Waals surface area contributed by atoms with E-state index in [2.05, 4.69) is 15.9 Å². The Hall–Kier alpha value is -0.120. The molecule has 0 fully saturated rings. The normalized spacial score (nSPS) is 33.8. The van der Waals surface area contributed by atoms with Gasteiger partial charge in [-0.05, 0) is 33.6 Å². The maximum Gasteiger partial charge on any atom is 0.232 e. The monoisotopic (exact) mass is 250 g/mol. The molecule has 0 aromatic heterocycles. The summed E-state index contributed by atoms with van der Waals surface area (Å²) in [5, 5.41) is -0.436. The molecule has 0 spiro atoms. The molecule has 0 aromatic rings. The highest BCUT2D eigenvalue weighted by Crippen LogP contribution is 2.35. The summed E-state index contributed by atoms with van der Waals surface area (Å²) in [5.41, 5.74) is 0. The molecule has 2 nitrogen and oxygen atoms in total. The van der Waals surface area contributed by atoms with E-state index in [1.165, 1.54) is 7.11 Å². The zero-order valence-electron chi connectivity index (χ0n) is 6.46. The van der Waals surface area contributed by atoms with Gasteiger partial charge in [0.05, 0.1) is 5.92 Å². The summed E-state index contributed by atoms with van der Waals surface area (Å²) in [7, 11) is 1.52. The van der Waals surface area contributed by atoms with Crippen LogP contribution >= 0.6 is 27.5 Å². The van der Waals surface area contributed by atoms with Gasteiger partial charge in [-0.3, -0.25) is 4.79 Å². The van der Waals surface area contributed by atoms with Gasteiger partial charge in [0.1, 0.15) is 0 Å². The van der Waals surface area contributed by atoms with Crippen LogP contribution in [-0.4, -0.2) is 16.9 Å². The molecule has 4 heteroatoms. The van der Waals surface area contributed by atoms with Crippen molar-refractivity contribution in [1.82, 2.24) is 0 Å². The largest absolute Gasteiger partial charge is 0.362 e. The fourth-order valence-electron chi connectivity index (χ4n) is 1.02. The van der Waals surface area contributed by atoms with Gasteiger partial charge in [-0.1, -0.05) is 18.2 Å². The minimum absolute atomic E-state index is 0.436. The lowest BCUT2D eigenvalue weighted by atomic mass is 9.99. The van der Waals surface area contributed by atoms with Crippen LogP contribution in [0.2, 0.25) is 0 Å². The van der Waals surface area contributed by atoms with E-state index in [4.69, 9.17) is 16.3 Å². The van der Waals surface area contributed by atoms with Crippen LogP contribution in [0.5, 0.6) is 0 Å². The Morgan fingerprint density at radius 1 is 1.67 bits per heavy atom. The van der Waals surface area contributed by atoms with Gasteiger partial charge in [0.15, 0.2) is 4.51 Å². The Morgan fingerprint density at radius 2 is 2.33 bits per heavy atom. The Morgan fingerprint density at radius 3 is 2.75 bits per heavy atom. The number of rotatable bonds is 2. The lowest BCUT2D eigenvalue weighted by Crippen LogP contribution is -2.35. The predicted octanol–water partition coefficient (Wildman–Crippen LogP) is 2.23. The number of allylic oxidation sites excluding steroid dienone is 2. The quantitative estimate of drug-likeness (QED) is 0.556. The van der Waals surface area contributed by atoms with Crippen molar-refractivity contribution < 1.29 is 9.53 Å². The van der Waals surface area contributed by atoms with Crippen LogP contribution in [0.25, 0.3) is 0 Å². The van der Waals surface area contributed by atoms with Crippen molar-refractivity contribution in [2.45, 2.75) is 4.51 Å². The van der Waals surface area contributed by atoms with Crippen molar-refractivity contribution in [1.29, 1.82) is 0 Å².